The maximum absolute atomic E-state index is 5.86. The van der Waals surface area contributed by atoms with Gasteiger partial charge in [0.15, 0.2) is 5.75 Å². The van der Waals surface area contributed by atoms with Gasteiger partial charge in [0.25, 0.3) is 0 Å². The van der Waals surface area contributed by atoms with Crippen molar-refractivity contribution in [1.29, 1.82) is 0 Å². The fourth-order valence-electron chi connectivity index (χ4n) is 1.84. The van der Waals surface area contributed by atoms with E-state index in [0.717, 1.165) is 25.1 Å². The summed E-state index contributed by atoms with van der Waals surface area (Å²) in [4.78, 5) is 0. The lowest BCUT2D eigenvalue weighted by molar-refractivity contribution is 0.316. The molecule has 5 nitrogen and oxygen atoms in total. The van der Waals surface area contributed by atoms with Crippen molar-refractivity contribution >= 4 is 5.69 Å². The van der Waals surface area contributed by atoms with Gasteiger partial charge >= 0.3 is 0 Å². The lowest BCUT2D eigenvalue weighted by Gasteiger charge is -2.09. The quantitative estimate of drug-likeness (QED) is 0.786. The molecule has 0 amide bonds. The van der Waals surface area contributed by atoms with Crippen LogP contribution in [0.3, 0.4) is 0 Å². The van der Waals surface area contributed by atoms with E-state index in [1.165, 1.54) is 0 Å². The summed E-state index contributed by atoms with van der Waals surface area (Å²) >= 11 is 0. The van der Waals surface area contributed by atoms with E-state index in [-0.39, 0.29) is 0 Å². The highest BCUT2D eigenvalue weighted by Gasteiger charge is 2.05. The molecule has 0 unspecified atom stereocenters. The molecule has 1 heterocycles. The summed E-state index contributed by atoms with van der Waals surface area (Å²) < 4.78 is 13.2. The van der Waals surface area contributed by atoms with Gasteiger partial charge in [-0.15, -0.1) is 0 Å². The Balaban J connectivity index is 2.09. The minimum absolute atomic E-state index is 0.620. The summed E-state index contributed by atoms with van der Waals surface area (Å²) in [6.45, 7) is 5.71. The van der Waals surface area contributed by atoms with Crippen LogP contribution in [0.15, 0.2) is 30.6 Å². The number of anilines is 1. The van der Waals surface area contributed by atoms with E-state index in [9.17, 15) is 0 Å². The second-order valence-corrected chi connectivity index (χ2v) is 4.63. The van der Waals surface area contributed by atoms with Gasteiger partial charge in [0.05, 0.1) is 19.0 Å². The molecule has 0 saturated heterocycles. The molecule has 0 fully saturated rings. The van der Waals surface area contributed by atoms with Gasteiger partial charge in [-0.3, -0.25) is 4.68 Å². The second kappa shape index (κ2) is 6.84. The van der Waals surface area contributed by atoms with Gasteiger partial charge in [-0.1, -0.05) is 13.8 Å². The van der Waals surface area contributed by atoms with Crippen molar-refractivity contribution in [2.75, 3.05) is 12.3 Å². The molecule has 2 aromatic rings. The highest BCUT2D eigenvalue weighted by molar-refractivity contribution is 5.51. The van der Waals surface area contributed by atoms with Gasteiger partial charge in [-0.25, -0.2) is 0 Å². The molecule has 2 rings (SSSR count). The van der Waals surface area contributed by atoms with Crippen LogP contribution in [0.5, 0.6) is 17.2 Å². The van der Waals surface area contributed by atoms with Gasteiger partial charge in [0.2, 0.25) is 0 Å². The molecule has 5 heteroatoms. The number of nitrogens with zero attached hydrogens (tertiary/aromatic N) is 2. The molecule has 0 atom stereocenters. The van der Waals surface area contributed by atoms with Crippen molar-refractivity contribution in [3.63, 3.8) is 0 Å². The maximum atomic E-state index is 5.86. The first kappa shape index (κ1) is 14.2. The van der Waals surface area contributed by atoms with Crippen molar-refractivity contribution in [1.82, 2.24) is 9.78 Å². The van der Waals surface area contributed by atoms with Crippen molar-refractivity contribution in [3.8, 4) is 17.2 Å². The average molecular weight is 275 g/mol. The van der Waals surface area contributed by atoms with E-state index < -0.39 is 0 Å². The number of ether oxygens (including phenoxy) is 2. The average Bonchev–Trinajstić information content (AvgIpc) is 2.83. The van der Waals surface area contributed by atoms with E-state index in [4.69, 9.17) is 15.2 Å². The number of aryl methyl sites for hydroxylation is 1. The summed E-state index contributed by atoms with van der Waals surface area (Å²) in [6, 6.07) is 5.40. The van der Waals surface area contributed by atoms with E-state index >= 15 is 0 Å². The van der Waals surface area contributed by atoms with Crippen LogP contribution in [0.1, 0.15) is 26.7 Å². The molecule has 1 aromatic carbocycles. The molecule has 0 spiro atoms. The SMILES string of the molecule is CCCOc1cc(N)cc(Oc2cnn(CCC)c2)c1. The number of nitrogen functional groups attached to an aromatic ring is 1. The first-order chi connectivity index (χ1) is 9.71. The van der Waals surface area contributed by atoms with Gasteiger partial charge in [-0.05, 0) is 12.8 Å². The molecule has 2 N–H and O–H groups in total. The Bertz CT molecular complexity index is 552. The topological polar surface area (TPSA) is 62.3 Å². The largest absolute Gasteiger partial charge is 0.493 e. The Morgan fingerprint density at radius 1 is 1.10 bits per heavy atom. The van der Waals surface area contributed by atoms with Crippen LogP contribution in [-0.4, -0.2) is 16.4 Å². The number of hydrogen-bond donors (Lipinski definition) is 1. The fourth-order valence-corrected chi connectivity index (χ4v) is 1.84. The first-order valence-corrected chi connectivity index (χ1v) is 6.95. The normalized spacial score (nSPS) is 10.5. The van der Waals surface area contributed by atoms with E-state index in [0.29, 0.717) is 23.8 Å². The minimum atomic E-state index is 0.620. The van der Waals surface area contributed by atoms with Gasteiger partial charge in [-0.2, -0.15) is 5.10 Å². The number of hydrogen-bond acceptors (Lipinski definition) is 4. The zero-order valence-electron chi connectivity index (χ0n) is 12.0. The maximum Gasteiger partial charge on any atom is 0.165 e. The monoisotopic (exact) mass is 275 g/mol. The van der Waals surface area contributed by atoms with Crippen molar-refractivity contribution < 1.29 is 9.47 Å². The predicted octanol–water partition coefficient (Wildman–Crippen LogP) is 3.46. The number of benzene rings is 1. The summed E-state index contributed by atoms with van der Waals surface area (Å²) in [5.74, 6) is 2.08. The Morgan fingerprint density at radius 3 is 2.65 bits per heavy atom. The van der Waals surface area contributed by atoms with Crippen molar-refractivity contribution in [2.45, 2.75) is 33.2 Å². The number of rotatable bonds is 7. The van der Waals surface area contributed by atoms with E-state index in [2.05, 4.69) is 18.9 Å². The van der Waals surface area contributed by atoms with Crippen LogP contribution in [-0.2, 0) is 6.54 Å². The third-order valence-electron chi connectivity index (χ3n) is 2.67. The Hall–Kier alpha value is -2.17. The van der Waals surface area contributed by atoms with E-state index in [1.807, 2.05) is 16.9 Å². The summed E-state index contributed by atoms with van der Waals surface area (Å²) in [5.41, 5.74) is 6.48. The molecular formula is C15H21N3O2. The smallest absolute Gasteiger partial charge is 0.165 e. The summed E-state index contributed by atoms with van der Waals surface area (Å²) in [5, 5.41) is 4.23. The minimum Gasteiger partial charge on any atom is -0.493 e. The highest BCUT2D eigenvalue weighted by Crippen LogP contribution is 2.28. The lowest BCUT2D eigenvalue weighted by Crippen LogP contribution is -1.97. The van der Waals surface area contributed by atoms with Crippen LogP contribution in [0.25, 0.3) is 0 Å². The predicted molar refractivity (Wildman–Crippen MR) is 79.2 cm³/mol. The molecule has 0 bridgehead atoms. The fraction of sp³-hybridized carbons (Fsp3) is 0.400. The van der Waals surface area contributed by atoms with Gasteiger partial charge < -0.3 is 15.2 Å². The molecule has 0 aliphatic heterocycles. The molecule has 0 radical (unpaired) electrons. The first-order valence-electron chi connectivity index (χ1n) is 6.95. The van der Waals surface area contributed by atoms with E-state index in [1.54, 1.807) is 18.3 Å². The van der Waals surface area contributed by atoms with Crippen molar-refractivity contribution in [3.05, 3.63) is 30.6 Å². The molecule has 1 aromatic heterocycles. The van der Waals surface area contributed by atoms with Gasteiger partial charge in [0.1, 0.15) is 11.5 Å². The molecule has 20 heavy (non-hydrogen) atoms. The Kier molecular flexibility index (Phi) is 4.87. The van der Waals surface area contributed by atoms with Crippen LogP contribution in [0.4, 0.5) is 5.69 Å². The summed E-state index contributed by atoms with van der Waals surface area (Å²) in [7, 11) is 0. The highest BCUT2D eigenvalue weighted by atomic mass is 16.5. The Morgan fingerprint density at radius 2 is 1.90 bits per heavy atom. The molecule has 108 valence electrons. The van der Waals surface area contributed by atoms with Crippen LogP contribution in [0, 0.1) is 0 Å². The second-order valence-electron chi connectivity index (χ2n) is 4.63. The van der Waals surface area contributed by atoms with Gasteiger partial charge in [0, 0.05) is 30.4 Å². The molecule has 0 aliphatic rings. The molecule has 0 aliphatic carbocycles. The lowest BCUT2D eigenvalue weighted by atomic mass is 10.3. The van der Waals surface area contributed by atoms with Crippen LogP contribution in [0.2, 0.25) is 0 Å². The third-order valence-corrected chi connectivity index (χ3v) is 2.67. The molecular weight excluding hydrogens is 254 g/mol. The Labute approximate surface area is 119 Å². The summed E-state index contributed by atoms with van der Waals surface area (Å²) in [6.07, 6.45) is 5.56. The van der Waals surface area contributed by atoms with Crippen LogP contribution >= 0.6 is 0 Å². The zero-order valence-corrected chi connectivity index (χ0v) is 12.0. The van der Waals surface area contributed by atoms with Crippen LogP contribution < -0.4 is 15.2 Å². The molecule has 0 saturated carbocycles. The number of aromatic nitrogens is 2. The zero-order chi connectivity index (χ0) is 14.4. The number of nitrogens with two attached hydrogens (primary N) is 1. The van der Waals surface area contributed by atoms with Crippen molar-refractivity contribution in [2.24, 2.45) is 0 Å². The third kappa shape index (κ3) is 3.91. The standard InChI is InChI=1S/C15H21N3O2/c1-3-5-18-11-15(10-17-18)20-14-8-12(16)7-13(9-14)19-6-4-2/h7-11H,3-6,16H2,1-2H3.